The molecule has 2 aromatic carbocycles. The summed E-state index contributed by atoms with van der Waals surface area (Å²) in [5.74, 6) is 1.85. The molecule has 0 radical (unpaired) electrons. The lowest BCUT2D eigenvalue weighted by Gasteiger charge is -2.14. The SMILES string of the molecule is CC(C)c1ccccc1Oc1ccc(Cl)cc1Cl. The quantitative estimate of drug-likeness (QED) is 0.679. The van der Waals surface area contributed by atoms with Crippen LogP contribution in [0.4, 0.5) is 0 Å². The van der Waals surface area contributed by atoms with Gasteiger partial charge in [0, 0.05) is 5.02 Å². The molecule has 1 nitrogen and oxygen atoms in total. The molecule has 0 fully saturated rings. The van der Waals surface area contributed by atoms with Crippen molar-refractivity contribution in [1.82, 2.24) is 0 Å². The zero-order valence-electron chi connectivity index (χ0n) is 10.3. The molecule has 2 rings (SSSR count). The molecular formula is C15H14Cl2O. The number of hydrogen-bond acceptors (Lipinski definition) is 1. The highest BCUT2D eigenvalue weighted by Crippen LogP contribution is 2.35. The third-order valence-electron chi connectivity index (χ3n) is 2.65. The van der Waals surface area contributed by atoms with Gasteiger partial charge in [-0.2, -0.15) is 0 Å². The molecule has 0 amide bonds. The van der Waals surface area contributed by atoms with Crippen LogP contribution in [-0.4, -0.2) is 0 Å². The smallest absolute Gasteiger partial charge is 0.146 e. The Kier molecular flexibility index (Phi) is 4.15. The molecule has 0 saturated carbocycles. The Morgan fingerprint density at radius 1 is 0.944 bits per heavy atom. The van der Waals surface area contributed by atoms with E-state index in [9.17, 15) is 0 Å². The van der Waals surface area contributed by atoms with E-state index in [-0.39, 0.29) is 0 Å². The summed E-state index contributed by atoms with van der Waals surface area (Å²) >= 11 is 12.0. The van der Waals surface area contributed by atoms with Gasteiger partial charge in [-0.1, -0.05) is 55.2 Å². The summed E-state index contributed by atoms with van der Waals surface area (Å²) in [5, 5.41) is 1.12. The highest BCUT2D eigenvalue weighted by atomic mass is 35.5. The highest BCUT2D eigenvalue weighted by molar-refractivity contribution is 6.35. The predicted octanol–water partition coefficient (Wildman–Crippen LogP) is 5.91. The summed E-state index contributed by atoms with van der Waals surface area (Å²) in [7, 11) is 0. The van der Waals surface area contributed by atoms with Gasteiger partial charge in [0.1, 0.15) is 11.5 Å². The van der Waals surface area contributed by atoms with E-state index < -0.39 is 0 Å². The molecule has 3 heteroatoms. The van der Waals surface area contributed by atoms with Crippen molar-refractivity contribution < 1.29 is 4.74 Å². The molecule has 0 saturated heterocycles. The first-order valence-corrected chi connectivity index (χ1v) is 6.55. The van der Waals surface area contributed by atoms with Gasteiger partial charge in [0.25, 0.3) is 0 Å². The Balaban J connectivity index is 2.34. The maximum atomic E-state index is 6.10. The number of hydrogen-bond donors (Lipinski definition) is 0. The zero-order chi connectivity index (χ0) is 13.1. The van der Waals surface area contributed by atoms with Crippen LogP contribution in [0, 0.1) is 0 Å². The van der Waals surface area contributed by atoms with Crippen molar-refractivity contribution in [2.75, 3.05) is 0 Å². The van der Waals surface area contributed by atoms with Crippen molar-refractivity contribution in [2.24, 2.45) is 0 Å². The first kappa shape index (κ1) is 13.3. The van der Waals surface area contributed by atoms with E-state index in [1.807, 2.05) is 18.2 Å². The van der Waals surface area contributed by atoms with Gasteiger partial charge >= 0.3 is 0 Å². The summed E-state index contributed by atoms with van der Waals surface area (Å²) in [6, 6.07) is 13.2. The highest BCUT2D eigenvalue weighted by Gasteiger charge is 2.09. The molecule has 0 N–H and O–H groups in total. The van der Waals surface area contributed by atoms with Gasteiger partial charge in [-0.3, -0.25) is 0 Å². The Morgan fingerprint density at radius 2 is 1.67 bits per heavy atom. The third kappa shape index (κ3) is 2.98. The van der Waals surface area contributed by atoms with Crippen molar-refractivity contribution in [1.29, 1.82) is 0 Å². The maximum Gasteiger partial charge on any atom is 0.146 e. The Hall–Kier alpha value is -1.18. The second-order valence-electron chi connectivity index (χ2n) is 4.37. The van der Waals surface area contributed by atoms with Crippen LogP contribution in [-0.2, 0) is 0 Å². The van der Waals surface area contributed by atoms with E-state index in [1.165, 1.54) is 0 Å². The van der Waals surface area contributed by atoms with Crippen molar-refractivity contribution in [3.8, 4) is 11.5 Å². The van der Waals surface area contributed by atoms with E-state index in [0.717, 1.165) is 11.3 Å². The van der Waals surface area contributed by atoms with Crippen LogP contribution in [0.3, 0.4) is 0 Å². The number of benzene rings is 2. The van der Waals surface area contributed by atoms with Crippen molar-refractivity contribution in [3.05, 3.63) is 58.1 Å². The van der Waals surface area contributed by atoms with E-state index in [4.69, 9.17) is 27.9 Å². The molecule has 0 bridgehead atoms. The average molecular weight is 281 g/mol. The lowest BCUT2D eigenvalue weighted by Crippen LogP contribution is -1.93. The second kappa shape index (κ2) is 5.64. The van der Waals surface area contributed by atoms with Crippen molar-refractivity contribution >= 4 is 23.2 Å². The molecule has 18 heavy (non-hydrogen) atoms. The lowest BCUT2D eigenvalue weighted by atomic mass is 10.0. The topological polar surface area (TPSA) is 9.23 Å². The Morgan fingerprint density at radius 3 is 2.33 bits per heavy atom. The largest absolute Gasteiger partial charge is 0.456 e. The van der Waals surface area contributed by atoms with E-state index in [1.54, 1.807) is 18.2 Å². The van der Waals surface area contributed by atoms with Crippen LogP contribution >= 0.6 is 23.2 Å². The predicted molar refractivity (Wildman–Crippen MR) is 77.1 cm³/mol. The van der Waals surface area contributed by atoms with Crippen LogP contribution in [0.2, 0.25) is 10.0 Å². The minimum Gasteiger partial charge on any atom is -0.456 e. The molecular weight excluding hydrogens is 267 g/mol. The molecule has 2 aromatic rings. The molecule has 94 valence electrons. The fraction of sp³-hybridized carbons (Fsp3) is 0.200. The van der Waals surface area contributed by atoms with Crippen LogP contribution < -0.4 is 4.74 Å². The lowest BCUT2D eigenvalue weighted by molar-refractivity contribution is 0.473. The second-order valence-corrected chi connectivity index (χ2v) is 5.21. The minimum atomic E-state index is 0.396. The van der Waals surface area contributed by atoms with Crippen molar-refractivity contribution in [3.63, 3.8) is 0 Å². The maximum absolute atomic E-state index is 6.10. The normalized spacial score (nSPS) is 10.7. The third-order valence-corrected chi connectivity index (χ3v) is 3.19. The number of halogens is 2. The fourth-order valence-electron chi connectivity index (χ4n) is 1.73. The molecule has 0 atom stereocenters. The molecule has 0 aliphatic rings. The fourth-order valence-corrected chi connectivity index (χ4v) is 2.17. The van der Waals surface area contributed by atoms with Gasteiger partial charge in [0.2, 0.25) is 0 Å². The summed E-state index contributed by atoms with van der Waals surface area (Å²) in [6.07, 6.45) is 0. The molecule has 0 heterocycles. The average Bonchev–Trinajstić information content (AvgIpc) is 2.33. The van der Waals surface area contributed by atoms with Gasteiger partial charge in [0.15, 0.2) is 0 Å². The molecule has 0 spiro atoms. The van der Waals surface area contributed by atoms with Crippen LogP contribution in [0.25, 0.3) is 0 Å². The van der Waals surface area contributed by atoms with Crippen LogP contribution in [0.5, 0.6) is 11.5 Å². The monoisotopic (exact) mass is 280 g/mol. The molecule has 0 aromatic heterocycles. The number of para-hydroxylation sites is 1. The summed E-state index contributed by atoms with van der Waals surface area (Å²) in [6.45, 7) is 4.26. The van der Waals surface area contributed by atoms with E-state index in [0.29, 0.717) is 21.7 Å². The first-order valence-electron chi connectivity index (χ1n) is 5.79. The standard InChI is InChI=1S/C15H14Cl2O/c1-10(2)12-5-3-4-6-14(12)18-15-8-7-11(16)9-13(15)17/h3-10H,1-2H3. The Labute approximate surface area is 117 Å². The Bertz CT molecular complexity index is 550. The van der Waals surface area contributed by atoms with Crippen molar-refractivity contribution in [2.45, 2.75) is 19.8 Å². The number of ether oxygens (including phenoxy) is 1. The van der Waals surface area contributed by atoms with Crippen LogP contribution in [0.15, 0.2) is 42.5 Å². The molecule has 0 aliphatic carbocycles. The zero-order valence-corrected chi connectivity index (χ0v) is 11.8. The summed E-state index contributed by atoms with van der Waals surface area (Å²) in [5.41, 5.74) is 1.16. The van der Waals surface area contributed by atoms with E-state index >= 15 is 0 Å². The van der Waals surface area contributed by atoms with Gasteiger partial charge in [-0.05, 0) is 35.7 Å². The first-order chi connectivity index (χ1) is 8.58. The van der Waals surface area contributed by atoms with Gasteiger partial charge in [0.05, 0.1) is 5.02 Å². The summed E-state index contributed by atoms with van der Waals surface area (Å²) in [4.78, 5) is 0. The van der Waals surface area contributed by atoms with Crippen LogP contribution in [0.1, 0.15) is 25.3 Å². The molecule has 0 aliphatic heterocycles. The van der Waals surface area contributed by atoms with Gasteiger partial charge in [-0.15, -0.1) is 0 Å². The number of rotatable bonds is 3. The van der Waals surface area contributed by atoms with Gasteiger partial charge in [-0.25, -0.2) is 0 Å². The van der Waals surface area contributed by atoms with E-state index in [2.05, 4.69) is 19.9 Å². The minimum absolute atomic E-state index is 0.396. The summed E-state index contributed by atoms with van der Waals surface area (Å²) < 4.78 is 5.87. The van der Waals surface area contributed by atoms with Gasteiger partial charge < -0.3 is 4.74 Å². The molecule has 0 unspecified atom stereocenters.